The lowest BCUT2D eigenvalue weighted by molar-refractivity contribution is -0.133. The first-order valence-electron chi connectivity index (χ1n) is 9.75. The first kappa shape index (κ1) is 26.4. The first-order valence-corrected chi connectivity index (χ1v) is 13.7. The number of methoxy groups -OCH3 is 1. The molecule has 1 aromatic heterocycles. The van der Waals surface area contributed by atoms with Crippen LogP contribution in [0.25, 0.3) is 0 Å². The van der Waals surface area contributed by atoms with Crippen LogP contribution >= 0.6 is 23.1 Å². The SMILES string of the molecule is COc1ccccc1Oc1cc(F)ccc1NC(=O)C(=O)Nc1nc(C(N)S(C)(=O)=O)c(SC)s1. The number of halogens is 1. The number of nitrogens with two attached hydrogens (primary N) is 1. The summed E-state index contributed by atoms with van der Waals surface area (Å²) >= 11 is 2.18. The average molecular weight is 541 g/mol. The predicted molar refractivity (Wildman–Crippen MR) is 132 cm³/mol. The van der Waals surface area contributed by atoms with E-state index in [-0.39, 0.29) is 28.0 Å². The second-order valence-electron chi connectivity index (χ2n) is 6.95. The molecule has 1 heterocycles. The lowest BCUT2D eigenvalue weighted by Crippen LogP contribution is -2.29. The number of rotatable bonds is 8. The van der Waals surface area contributed by atoms with Gasteiger partial charge in [-0.25, -0.2) is 17.8 Å². The van der Waals surface area contributed by atoms with E-state index in [2.05, 4.69) is 15.6 Å². The van der Waals surface area contributed by atoms with Gasteiger partial charge >= 0.3 is 11.8 Å². The van der Waals surface area contributed by atoms with Gasteiger partial charge in [0.1, 0.15) is 5.82 Å². The zero-order valence-electron chi connectivity index (χ0n) is 18.7. The Balaban J connectivity index is 1.78. The number of carbonyl (C=O) groups is 2. The summed E-state index contributed by atoms with van der Waals surface area (Å²) in [7, 11) is -2.20. The molecular weight excluding hydrogens is 519 g/mol. The lowest BCUT2D eigenvalue weighted by Gasteiger charge is -2.14. The highest BCUT2D eigenvalue weighted by atomic mass is 32.2. The number of ether oxygens (including phenoxy) is 2. The van der Waals surface area contributed by atoms with Crippen molar-refractivity contribution in [3.8, 4) is 17.2 Å². The standard InChI is InChI=1S/C21H21FN4O6S3/c1-31-13-6-4-5-7-14(13)32-15-10-11(22)8-9-12(15)24-18(27)19(28)26-21-25-16(20(33-2)34-21)17(23)35(3,29)30/h4-10,17H,23H2,1-3H3,(H,24,27)(H,25,26,28). The zero-order valence-corrected chi connectivity index (χ0v) is 21.1. The number of para-hydroxylation sites is 2. The molecule has 2 amide bonds. The van der Waals surface area contributed by atoms with Crippen molar-refractivity contribution >= 4 is 55.6 Å². The molecule has 3 rings (SSSR count). The summed E-state index contributed by atoms with van der Waals surface area (Å²) in [5.41, 5.74) is 5.87. The van der Waals surface area contributed by atoms with Crippen LogP contribution in [-0.2, 0) is 19.4 Å². The maximum absolute atomic E-state index is 13.9. The van der Waals surface area contributed by atoms with Gasteiger partial charge in [-0.05, 0) is 30.5 Å². The van der Waals surface area contributed by atoms with Crippen molar-refractivity contribution in [2.45, 2.75) is 9.58 Å². The van der Waals surface area contributed by atoms with Crippen LogP contribution in [0.3, 0.4) is 0 Å². The fourth-order valence-electron chi connectivity index (χ4n) is 2.74. The molecule has 0 fully saturated rings. The van der Waals surface area contributed by atoms with Gasteiger partial charge in [0.15, 0.2) is 37.6 Å². The highest BCUT2D eigenvalue weighted by Gasteiger charge is 2.27. The van der Waals surface area contributed by atoms with Gasteiger partial charge in [-0.3, -0.25) is 14.9 Å². The molecule has 35 heavy (non-hydrogen) atoms. The number of nitrogens with one attached hydrogen (secondary N) is 2. The van der Waals surface area contributed by atoms with E-state index in [0.29, 0.717) is 9.96 Å². The molecule has 0 aliphatic rings. The minimum atomic E-state index is -3.64. The summed E-state index contributed by atoms with van der Waals surface area (Å²) in [5.74, 6) is -2.21. The number of benzene rings is 2. The van der Waals surface area contributed by atoms with Gasteiger partial charge in [0.05, 0.1) is 22.7 Å². The van der Waals surface area contributed by atoms with E-state index < -0.39 is 32.8 Å². The smallest absolute Gasteiger partial charge is 0.315 e. The van der Waals surface area contributed by atoms with Crippen LogP contribution in [0.5, 0.6) is 17.2 Å². The third-order valence-electron chi connectivity index (χ3n) is 4.44. The van der Waals surface area contributed by atoms with E-state index in [1.165, 1.54) is 24.9 Å². The van der Waals surface area contributed by atoms with Gasteiger partial charge in [0.2, 0.25) is 0 Å². The summed E-state index contributed by atoms with van der Waals surface area (Å²) in [4.78, 5) is 29.1. The van der Waals surface area contributed by atoms with Crippen LogP contribution in [0.4, 0.5) is 15.2 Å². The molecular formula is C21H21FN4O6S3. The Morgan fingerprint density at radius 3 is 2.40 bits per heavy atom. The first-order chi connectivity index (χ1) is 16.5. The van der Waals surface area contributed by atoms with Gasteiger partial charge in [-0.15, -0.1) is 11.8 Å². The number of sulfone groups is 1. The second-order valence-corrected chi connectivity index (χ2v) is 11.2. The van der Waals surface area contributed by atoms with Crippen LogP contribution in [-0.4, -0.2) is 44.8 Å². The van der Waals surface area contributed by atoms with E-state index >= 15 is 0 Å². The Labute approximate surface area is 208 Å². The van der Waals surface area contributed by atoms with Gasteiger partial charge in [0, 0.05) is 12.3 Å². The van der Waals surface area contributed by atoms with Crippen LogP contribution in [0, 0.1) is 5.82 Å². The topological polar surface area (TPSA) is 150 Å². The minimum absolute atomic E-state index is 0.00629. The molecule has 14 heteroatoms. The van der Waals surface area contributed by atoms with Crippen LogP contribution in [0.15, 0.2) is 46.7 Å². The molecule has 4 N–H and O–H groups in total. The van der Waals surface area contributed by atoms with Crippen molar-refractivity contribution in [1.82, 2.24) is 4.98 Å². The molecule has 1 atom stereocenters. The van der Waals surface area contributed by atoms with Gasteiger partial charge in [0.25, 0.3) is 0 Å². The minimum Gasteiger partial charge on any atom is -0.493 e. The Morgan fingerprint density at radius 2 is 1.77 bits per heavy atom. The lowest BCUT2D eigenvalue weighted by atomic mass is 10.2. The summed E-state index contributed by atoms with van der Waals surface area (Å²) in [6.45, 7) is 0. The third-order valence-corrected chi connectivity index (χ3v) is 7.70. The number of nitrogens with zero attached hydrogens (tertiary/aromatic N) is 1. The van der Waals surface area contributed by atoms with Gasteiger partial charge in [-0.2, -0.15) is 0 Å². The molecule has 0 aliphatic heterocycles. The van der Waals surface area contributed by atoms with E-state index in [4.69, 9.17) is 15.2 Å². The molecule has 2 aromatic carbocycles. The summed E-state index contributed by atoms with van der Waals surface area (Å²) in [6, 6.07) is 10.0. The Hall–Kier alpha value is -3.20. The average Bonchev–Trinajstić information content (AvgIpc) is 3.22. The Kier molecular flexibility index (Phi) is 8.32. The fourth-order valence-corrected chi connectivity index (χ4v) is 5.16. The van der Waals surface area contributed by atoms with E-state index in [9.17, 15) is 22.4 Å². The largest absolute Gasteiger partial charge is 0.493 e. The molecule has 0 spiro atoms. The number of anilines is 2. The van der Waals surface area contributed by atoms with E-state index in [1.807, 2.05) is 0 Å². The summed E-state index contributed by atoms with van der Waals surface area (Å²) in [5, 5.41) is 3.30. The molecule has 0 bridgehead atoms. The number of thioether (sulfide) groups is 1. The second kappa shape index (κ2) is 11.0. The number of amides is 2. The number of hydrogen-bond donors (Lipinski definition) is 3. The summed E-state index contributed by atoms with van der Waals surface area (Å²) < 4.78 is 48.9. The zero-order chi connectivity index (χ0) is 25.8. The molecule has 3 aromatic rings. The maximum atomic E-state index is 13.9. The third kappa shape index (κ3) is 6.48. The number of carbonyl (C=O) groups excluding carboxylic acids is 2. The molecule has 186 valence electrons. The molecule has 0 aliphatic carbocycles. The maximum Gasteiger partial charge on any atom is 0.315 e. The monoisotopic (exact) mass is 540 g/mol. The van der Waals surface area contributed by atoms with E-state index in [1.54, 1.807) is 30.5 Å². The normalized spacial score (nSPS) is 12.0. The number of hydrogen-bond acceptors (Lipinski definition) is 10. The van der Waals surface area contributed by atoms with Gasteiger partial charge in [-0.1, -0.05) is 23.5 Å². The molecule has 1 unspecified atom stereocenters. The number of thiazole rings is 1. The molecule has 10 nitrogen and oxygen atoms in total. The van der Waals surface area contributed by atoms with Crippen LogP contribution in [0.1, 0.15) is 11.1 Å². The van der Waals surface area contributed by atoms with Crippen LogP contribution < -0.4 is 25.8 Å². The van der Waals surface area contributed by atoms with Crippen molar-refractivity contribution < 1.29 is 31.9 Å². The van der Waals surface area contributed by atoms with Crippen LogP contribution in [0.2, 0.25) is 0 Å². The highest BCUT2D eigenvalue weighted by molar-refractivity contribution is 8.00. The van der Waals surface area contributed by atoms with Crippen molar-refractivity contribution in [3.05, 3.63) is 54.0 Å². The predicted octanol–water partition coefficient (Wildman–Crippen LogP) is 3.38. The van der Waals surface area contributed by atoms with Gasteiger partial charge < -0.3 is 20.5 Å². The van der Waals surface area contributed by atoms with Crippen molar-refractivity contribution in [2.24, 2.45) is 5.73 Å². The molecule has 0 radical (unpaired) electrons. The Morgan fingerprint density at radius 1 is 1.11 bits per heavy atom. The summed E-state index contributed by atoms with van der Waals surface area (Å²) in [6.07, 6.45) is 2.67. The highest BCUT2D eigenvalue weighted by Crippen LogP contribution is 2.36. The number of aromatic nitrogens is 1. The fraction of sp³-hybridized carbons (Fsp3) is 0.190. The molecule has 0 saturated carbocycles. The van der Waals surface area contributed by atoms with Crippen molar-refractivity contribution in [1.29, 1.82) is 0 Å². The van der Waals surface area contributed by atoms with Crippen molar-refractivity contribution in [3.63, 3.8) is 0 Å². The quantitative estimate of drug-likeness (QED) is 0.289. The molecule has 0 saturated heterocycles. The van der Waals surface area contributed by atoms with Crippen molar-refractivity contribution in [2.75, 3.05) is 30.3 Å². The Bertz CT molecular complexity index is 1360. The van der Waals surface area contributed by atoms with E-state index in [0.717, 1.165) is 29.7 Å².